The number of hydrogen-bond acceptors (Lipinski definition) is 0. The first kappa shape index (κ1) is 35.0. The van der Waals surface area contributed by atoms with E-state index >= 15 is 0 Å². The minimum absolute atomic E-state index is 0. The van der Waals surface area contributed by atoms with Gasteiger partial charge in [0.05, 0.1) is 0 Å². The predicted octanol–water partition coefficient (Wildman–Crippen LogP) is 0.382. The van der Waals surface area contributed by atoms with Crippen LogP contribution in [0.25, 0.3) is 0 Å². The van der Waals surface area contributed by atoms with Gasteiger partial charge in [-0.15, -0.1) is 0 Å². The minimum atomic E-state index is -1.75. The zero-order valence-corrected chi connectivity index (χ0v) is 28.1. The Kier molecular flexibility index (Phi) is 13.4. The van der Waals surface area contributed by atoms with Crippen LogP contribution in [-0.2, 0) is 25.9 Å². The molecule has 1 aliphatic carbocycles. The van der Waals surface area contributed by atoms with Crippen LogP contribution in [0.1, 0.15) is 64.7 Å². The van der Waals surface area contributed by atoms with Crippen LogP contribution in [0.2, 0.25) is 16.6 Å². The molecular weight excluding hydrogens is 579 g/mol. The van der Waals surface area contributed by atoms with E-state index in [1.807, 2.05) is 0 Å². The van der Waals surface area contributed by atoms with E-state index in [0.717, 1.165) is 6.42 Å². The van der Waals surface area contributed by atoms with Gasteiger partial charge >= 0.3 is 227 Å². The van der Waals surface area contributed by atoms with Crippen molar-refractivity contribution in [2.45, 2.75) is 70.0 Å². The first-order valence-electron chi connectivity index (χ1n) is 13.1. The number of allylic oxidation sites excluding steroid dienone is 4. The van der Waals surface area contributed by atoms with Gasteiger partial charge in [-0.25, -0.2) is 0 Å². The molecule has 0 radical (unpaired) electrons. The molecule has 38 heavy (non-hydrogen) atoms. The van der Waals surface area contributed by atoms with Crippen LogP contribution in [0.15, 0.2) is 112 Å². The van der Waals surface area contributed by atoms with Gasteiger partial charge < -0.3 is 37.2 Å². The molecule has 0 nitrogen and oxygen atoms in total. The maximum Gasteiger partial charge on any atom is -1.00 e. The van der Waals surface area contributed by atoms with Crippen LogP contribution in [0.4, 0.5) is 0 Å². The topological polar surface area (TPSA) is 0 Å². The smallest absolute Gasteiger partial charge is 1.00 e. The molecule has 3 aromatic rings. The average molecular weight is 618 g/mol. The molecule has 0 aromatic heterocycles. The molecule has 0 aliphatic heterocycles. The Morgan fingerprint density at radius 3 is 1.18 bits per heavy atom. The summed E-state index contributed by atoms with van der Waals surface area (Å²) in [5, 5.41) is 1.78. The fourth-order valence-corrected chi connectivity index (χ4v) is 16.1. The molecule has 0 bridgehead atoms. The first-order valence-corrected chi connectivity index (χ1v) is 16.1. The third kappa shape index (κ3) is 5.71. The Morgan fingerprint density at radius 2 is 0.895 bits per heavy atom. The molecule has 0 heterocycles. The van der Waals surface area contributed by atoms with Crippen LogP contribution < -0.4 is 37.2 Å². The van der Waals surface area contributed by atoms with Crippen LogP contribution >= 0.6 is 0 Å². The second-order valence-electron chi connectivity index (χ2n) is 10.9. The van der Waals surface area contributed by atoms with Gasteiger partial charge in [-0.3, -0.25) is 0 Å². The van der Waals surface area contributed by atoms with Crippen molar-refractivity contribution in [2.24, 2.45) is 0 Å². The van der Waals surface area contributed by atoms with Gasteiger partial charge in [0.15, 0.2) is 0 Å². The van der Waals surface area contributed by atoms with Crippen LogP contribution in [0.5, 0.6) is 0 Å². The van der Waals surface area contributed by atoms with Crippen molar-refractivity contribution in [1.82, 2.24) is 0 Å². The fraction of sp³-hybridized carbons (Fsp3) is 0.333. The Bertz CT molecular complexity index is 1080. The summed E-state index contributed by atoms with van der Waals surface area (Å²) in [7, 11) is -1.75. The maximum absolute atomic E-state index is 2.59. The summed E-state index contributed by atoms with van der Waals surface area (Å²) in [6.45, 7) is 14.9. The number of halogens is 3. The van der Waals surface area contributed by atoms with Gasteiger partial charge in [-0.1, -0.05) is 0 Å². The molecule has 5 heteroatoms. The van der Waals surface area contributed by atoms with Gasteiger partial charge in [0.1, 0.15) is 0 Å². The number of hydrogen-bond donors (Lipinski definition) is 0. The molecule has 0 spiro atoms. The summed E-state index contributed by atoms with van der Waals surface area (Å²) in [5.41, 5.74) is 7.30. The van der Waals surface area contributed by atoms with E-state index in [4.69, 9.17) is 0 Å². The molecule has 0 saturated heterocycles. The van der Waals surface area contributed by atoms with Gasteiger partial charge in [0.25, 0.3) is 0 Å². The molecule has 0 unspecified atom stereocenters. The van der Waals surface area contributed by atoms with E-state index < -0.39 is 8.07 Å². The number of rotatable bonds is 8. The molecule has 1 aliphatic rings. The van der Waals surface area contributed by atoms with Crippen molar-refractivity contribution in [3.63, 3.8) is 0 Å². The SMILES string of the molecule is CC(C)[Si](C1=[C]([Ti+3])C(C(c2ccccc2)(c2ccccc2)c2ccccc2)=CC1)(C(C)C)C(C)C.[Cl-].[Cl-].[Cl-]. The second-order valence-corrected chi connectivity index (χ2v) is 17.6. The van der Waals surface area contributed by atoms with Crippen molar-refractivity contribution in [3.05, 3.63) is 128 Å². The van der Waals surface area contributed by atoms with Gasteiger partial charge in [-0.05, 0) is 0 Å². The molecule has 0 saturated carbocycles. The Balaban J connectivity index is 0.00000241. The van der Waals surface area contributed by atoms with E-state index in [1.165, 1.54) is 22.3 Å². The summed E-state index contributed by atoms with van der Waals surface area (Å²) in [5.74, 6) is 0. The minimum Gasteiger partial charge on any atom is -1.00 e. The molecule has 4 rings (SSSR count). The van der Waals surface area contributed by atoms with Gasteiger partial charge in [0.2, 0.25) is 0 Å². The van der Waals surface area contributed by atoms with Crippen molar-refractivity contribution in [3.8, 4) is 0 Å². The summed E-state index contributed by atoms with van der Waals surface area (Å²) >= 11 is 2.44. The fourth-order valence-electron chi connectivity index (χ4n) is 7.38. The molecule has 0 atom stereocenters. The number of benzene rings is 3. The third-order valence-corrected chi connectivity index (χ3v) is 17.0. The largest absolute Gasteiger partial charge is 1.00 e. The summed E-state index contributed by atoms with van der Waals surface area (Å²) < 4.78 is 1.55. The zero-order chi connectivity index (χ0) is 25.2. The summed E-state index contributed by atoms with van der Waals surface area (Å²) in [4.78, 5) is 0. The van der Waals surface area contributed by atoms with E-state index in [1.54, 1.807) is 9.07 Å². The molecule has 200 valence electrons. The molecular formula is C33H39Cl3SiTi. The van der Waals surface area contributed by atoms with Crippen molar-refractivity contribution in [1.29, 1.82) is 0 Å². The monoisotopic (exact) mass is 616 g/mol. The average Bonchev–Trinajstić information content (AvgIpc) is 3.23. The second kappa shape index (κ2) is 14.5. The van der Waals surface area contributed by atoms with E-state index in [9.17, 15) is 0 Å². The Morgan fingerprint density at radius 1 is 0.579 bits per heavy atom. The van der Waals surface area contributed by atoms with Crippen molar-refractivity contribution in [2.75, 3.05) is 0 Å². The first-order chi connectivity index (χ1) is 16.8. The van der Waals surface area contributed by atoms with Gasteiger partial charge in [0, 0.05) is 0 Å². The summed E-state index contributed by atoms with van der Waals surface area (Å²) in [6, 6.07) is 33.5. The zero-order valence-electron chi connectivity index (χ0n) is 23.3. The quantitative estimate of drug-likeness (QED) is 0.254. The van der Waals surface area contributed by atoms with E-state index in [-0.39, 0.29) is 42.6 Å². The van der Waals surface area contributed by atoms with Crippen molar-refractivity contribution < 1.29 is 57.7 Å². The molecule has 0 amide bonds. The maximum atomic E-state index is 2.59. The Labute approximate surface area is 262 Å². The Hall–Kier alpha value is -1.06. The van der Waals surface area contributed by atoms with E-state index in [2.05, 4.69) is 159 Å². The third-order valence-electron chi connectivity index (χ3n) is 8.49. The molecule has 0 N–H and O–H groups in total. The van der Waals surface area contributed by atoms with Crippen LogP contribution in [0.3, 0.4) is 0 Å². The molecule has 0 fully saturated rings. The van der Waals surface area contributed by atoms with E-state index in [0.29, 0.717) is 16.6 Å². The standard InChI is InChI=1S/C33H39Si.3ClH.Ti/c1-25(2)34(26(3)4,27(5)6)32-23-22-31(24-32)33(28-16-10-7-11-17-28,29-18-12-8-13-19-29)30-20-14-9-15-21-30;;;;/h7-22,25-27H,23H2,1-6H3;3*1H;/q;;;;+3/p-3. The summed E-state index contributed by atoms with van der Waals surface area (Å²) in [6.07, 6.45) is 3.68. The predicted molar refractivity (Wildman–Crippen MR) is 150 cm³/mol. The van der Waals surface area contributed by atoms with Crippen LogP contribution in [-0.4, -0.2) is 8.07 Å². The van der Waals surface area contributed by atoms with Crippen LogP contribution in [0, 0.1) is 0 Å². The van der Waals surface area contributed by atoms with Crippen molar-refractivity contribution >= 4 is 8.07 Å². The molecule has 3 aromatic carbocycles. The normalized spacial score (nSPS) is 13.7. The van der Waals surface area contributed by atoms with Gasteiger partial charge in [-0.2, -0.15) is 0 Å².